The molecule has 0 radical (unpaired) electrons. The fourth-order valence-electron chi connectivity index (χ4n) is 4.32. The molecule has 0 saturated heterocycles. The summed E-state index contributed by atoms with van der Waals surface area (Å²) in [4.78, 5) is 1.19. The summed E-state index contributed by atoms with van der Waals surface area (Å²) in [7, 11) is -3.00. The van der Waals surface area contributed by atoms with E-state index in [2.05, 4.69) is 4.74 Å². The zero-order valence-electron chi connectivity index (χ0n) is 21.3. The van der Waals surface area contributed by atoms with E-state index in [4.69, 9.17) is 5.14 Å². The highest BCUT2D eigenvalue weighted by atomic mass is 32.2. The van der Waals surface area contributed by atoms with Crippen LogP contribution in [0.2, 0.25) is 0 Å². The molecule has 1 aliphatic rings. The molecule has 0 aromatic heterocycles. The number of fused-ring (bicyclic) bond motifs is 1. The minimum atomic E-state index is -4.78. The molecule has 222 valence electrons. The number of nitrogens with two attached hydrogens (primary N) is 1. The van der Waals surface area contributed by atoms with E-state index in [0.29, 0.717) is 11.8 Å². The summed E-state index contributed by atoms with van der Waals surface area (Å²) < 4.78 is 125. The number of anilines is 2. The van der Waals surface area contributed by atoms with Crippen LogP contribution < -0.4 is 19.1 Å². The number of likely N-dealkylation sites (N-methyl/N-ethyl adjacent to an activating group) is 1. The van der Waals surface area contributed by atoms with Gasteiger partial charge in [-0.1, -0.05) is 12.1 Å². The fourth-order valence-corrected chi connectivity index (χ4v) is 6.09. The maximum Gasteiger partial charge on any atom is 0.416 e. The molecule has 0 fully saturated rings. The fraction of sp³-hybridized carbons (Fsp3) is 0.280. The lowest BCUT2D eigenvalue weighted by molar-refractivity contribution is -0.137. The lowest BCUT2D eigenvalue weighted by Gasteiger charge is -2.39. The minimum Gasteiger partial charge on any atom is -0.579 e. The van der Waals surface area contributed by atoms with E-state index < -0.39 is 56.4 Å². The molecule has 0 bridgehead atoms. The van der Waals surface area contributed by atoms with Crippen LogP contribution in [0.4, 0.5) is 37.7 Å². The molecule has 0 saturated carbocycles. The van der Waals surface area contributed by atoms with Gasteiger partial charge in [-0.25, -0.2) is 12.8 Å². The highest BCUT2D eigenvalue weighted by Gasteiger charge is 2.36. The van der Waals surface area contributed by atoms with Gasteiger partial charge in [0.1, 0.15) is 23.1 Å². The summed E-state index contributed by atoms with van der Waals surface area (Å²) in [5.41, 5.74) is -0.394. The molecule has 4 rings (SSSR count). The first kappa shape index (κ1) is 30.8. The van der Waals surface area contributed by atoms with Crippen molar-refractivity contribution < 1.29 is 44.0 Å². The van der Waals surface area contributed by atoms with Crippen LogP contribution >= 0.6 is 0 Å². The van der Waals surface area contributed by atoms with Crippen LogP contribution in [0, 0.1) is 5.82 Å². The Hall–Kier alpha value is -3.18. The number of benzene rings is 3. The smallest absolute Gasteiger partial charge is 0.416 e. The Kier molecular flexibility index (Phi) is 8.98. The minimum absolute atomic E-state index is 0.0586. The Balaban J connectivity index is 1.81. The molecule has 41 heavy (non-hydrogen) atoms. The van der Waals surface area contributed by atoms with Crippen LogP contribution in [0.3, 0.4) is 0 Å². The number of rotatable bonds is 9. The number of ether oxygens (including phenoxy) is 1. The van der Waals surface area contributed by atoms with Gasteiger partial charge < -0.3 is 14.2 Å². The lowest BCUT2D eigenvalue weighted by atomic mass is 10.0. The van der Waals surface area contributed by atoms with Crippen molar-refractivity contribution in [3.63, 3.8) is 0 Å². The number of hydrogen-bond donors (Lipinski definition) is 1. The zero-order valence-corrected chi connectivity index (χ0v) is 22.9. The monoisotopic (exact) mass is 622 g/mol. The van der Waals surface area contributed by atoms with Crippen molar-refractivity contribution in [1.82, 2.24) is 4.31 Å². The molecule has 0 spiro atoms. The van der Waals surface area contributed by atoms with Crippen molar-refractivity contribution in [3.8, 4) is 16.9 Å². The van der Waals surface area contributed by atoms with Crippen molar-refractivity contribution in [1.29, 1.82) is 0 Å². The Morgan fingerprint density at radius 3 is 2.44 bits per heavy atom. The van der Waals surface area contributed by atoms with E-state index in [1.54, 1.807) is 4.90 Å². The van der Waals surface area contributed by atoms with Crippen molar-refractivity contribution in [3.05, 3.63) is 72.0 Å². The third kappa shape index (κ3) is 7.01. The molecule has 1 atom stereocenters. The van der Waals surface area contributed by atoms with Crippen molar-refractivity contribution in [2.45, 2.75) is 17.7 Å². The first-order valence-electron chi connectivity index (χ1n) is 11.9. The van der Waals surface area contributed by atoms with Gasteiger partial charge >= 0.3 is 12.8 Å². The molecule has 0 aliphatic carbocycles. The summed E-state index contributed by atoms with van der Waals surface area (Å²) >= 11 is -1.76. The van der Waals surface area contributed by atoms with Crippen molar-refractivity contribution in [2.75, 3.05) is 42.4 Å². The largest absolute Gasteiger partial charge is 0.579 e. The van der Waals surface area contributed by atoms with Crippen LogP contribution in [0.25, 0.3) is 11.1 Å². The molecule has 1 heterocycles. The zero-order chi connectivity index (χ0) is 30.1. The third-order valence-corrected chi connectivity index (χ3v) is 8.94. The SMILES string of the molecule is CN(CCN1CCN(S(=O)(=O)c2cccc(C(F)(F)F)c2)c2cc(-c3cc(F)cc(OC(F)F)c3)ccc21)[S+](N)[O-]. The van der Waals surface area contributed by atoms with Crippen LogP contribution in [0.1, 0.15) is 5.56 Å². The standard InChI is InChI=1S/C25H24F6N4O4S2/c1-33(40(32)36)7-8-34-9-10-35(41(37,38)21-4-2-3-18(14-21)25(29,30)31)23-13-16(5-6-22(23)34)17-11-19(26)15-20(12-17)39-24(27)28/h2-6,11-15,24H,7-10,32H2,1H3. The van der Waals surface area contributed by atoms with Gasteiger partial charge in [0.05, 0.1) is 34.9 Å². The van der Waals surface area contributed by atoms with E-state index in [9.17, 15) is 39.3 Å². The average Bonchev–Trinajstić information content (AvgIpc) is 2.89. The van der Waals surface area contributed by atoms with E-state index >= 15 is 0 Å². The predicted octanol–water partition coefficient (Wildman–Crippen LogP) is 4.60. The van der Waals surface area contributed by atoms with E-state index in [0.717, 1.165) is 40.7 Å². The quantitative estimate of drug-likeness (QED) is 0.275. The second-order valence-corrected chi connectivity index (χ2v) is 12.0. The number of alkyl halides is 5. The highest BCUT2D eigenvalue weighted by Crippen LogP contribution is 2.41. The number of sulfonamides is 1. The molecule has 1 aliphatic heterocycles. The first-order valence-corrected chi connectivity index (χ1v) is 14.5. The van der Waals surface area contributed by atoms with E-state index in [1.807, 2.05) is 0 Å². The molecular weight excluding hydrogens is 598 g/mol. The van der Waals surface area contributed by atoms with Gasteiger partial charge in [0.15, 0.2) is 0 Å². The van der Waals surface area contributed by atoms with Gasteiger partial charge in [0.2, 0.25) is 0 Å². The Morgan fingerprint density at radius 2 is 1.78 bits per heavy atom. The lowest BCUT2D eigenvalue weighted by Crippen LogP contribution is -2.47. The average molecular weight is 623 g/mol. The Labute approximate surface area is 235 Å². The highest BCUT2D eigenvalue weighted by molar-refractivity contribution is 7.92. The number of nitrogens with zero attached hydrogens (tertiary/aromatic N) is 3. The Morgan fingerprint density at radius 1 is 1.05 bits per heavy atom. The first-order chi connectivity index (χ1) is 19.2. The molecular formula is C25H24F6N4O4S2. The van der Waals surface area contributed by atoms with Gasteiger partial charge in [0, 0.05) is 26.2 Å². The summed E-state index contributed by atoms with van der Waals surface area (Å²) in [6.07, 6.45) is -4.78. The summed E-state index contributed by atoms with van der Waals surface area (Å²) in [6.45, 7) is -2.77. The predicted molar refractivity (Wildman–Crippen MR) is 142 cm³/mol. The summed E-state index contributed by atoms with van der Waals surface area (Å²) in [6, 6.07) is 10.7. The maximum atomic E-state index is 14.3. The molecule has 16 heteroatoms. The molecule has 3 aromatic rings. The number of halogens is 6. The van der Waals surface area contributed by atoms with Gasteiger partial charge in [-0.2, -0.15) is 22.0 Å². The van der Waals surface area contributed by atoms with Crippen molar-refractivity contribution in [2.24, 2.45) is 5.14 Å². The van der Waals surface area contributed by atoms with Crippen LogP contribution in [-0.2, 0) is 27.7 Å². The topological polar surface area (TPSA) is 102 Å². The van der Waals surface area contributed by atoms with Gasteiger partial charge in [-0.3, -0.25) is 4.31 Å². The van der Waals surface area contributed by atoms with E-state index in [1.165, 1.54) is 29.6 Å². The molecule has 2 N–H and O–H groups in total. The second-order valence-electron chi connectivity index (χ2n) is 8.98. The summed E-state index contributed by atoms with van der Waals surface area (Å²) in [5.74, 6) is -1.34. The van der Waals surface area contributed by atoms with Crippen molar-refractivity contribution >= 4 is 32.9 Å². The Bertz CT molecular complexity index is 1510. The van der Waals surface area contributed by atoms with Crippen LogP contribution in [-0.4, -0.2) is 57.1 Å². The van der Waals surface area contributed by atoms with E-state index in [-0.39, 0.29) is 43.0 Å². The third-order valence-electron chi connectivity index (χ3n) is 6.33. The van der Waals surface area contributed by atoms with Crippen LogP contribution in [0.5, 0.6) is 5.75 Å². The van der Waals surface area contributed by atoms with Crippen LogP contribution in [0.15, 0.2) is 65.6 Å². The molecule has 8 nitrogen and oxygen atoms in total. The van der Waals surface area contributed by atoms with Gasteiger partial charge in [0.25, 0.3) is 10.0 Å². The van der Waals surface area contributed by atoms with Gasteiger partial charge in [-0.15, -0.1) is 9.44 Å². The molecule has 0 amide bonds. The second kappa shape index (κ2) is 12.0. The molecule has 3 aromatic carbocycles. The maximum absolute atomic E-state index is 14.3. The van der Waals surface area contributed by atoms with Gasteiger partial charge in [-0.05, 0) is 53.6 Å². The number of hydrogen-bond acceptors (Lipinski definition) is 7. The normalized spacial score (nSPS) is 14.9. The summed E-state index contributed by atoms with van der Waals surface area (Å²) in [5, 5.41) is 5.40. The molecule has 1 unspecified atom stereocenters.